The average molecular weight is 217 g/mol. The fourth-order valence-corrected chi connectivity index (χ4v) is 1.67. The lowest BCUT2D eigenvalue weighted by molar-refractivity contribution is 0.105. The normalized spacial score (nSPS) is 12.6. The van der Waals surface area contributed by atoms with Crippen molar-refractivity contribution in [1.29, 1.82) is 0 Å². The van der Waals surface area contributed by atoms with Gasteiger partial charge in [-0.25, -0.2) is 0 Å². The number of nitrogens with one attached hydrogen (secondary N) is 1. The summed E-state index contributed by atoms with van der Waals surface area (Å²) in [6.07, 6.45) is -0.723. The van der Waals surface area contributed by atoms with E-state index in [0.717, 1.165) is 16.5 Å². The van der Waals surface area contributed by atoms with E-state index in [0.29, 0.717) is 6.54 Å². The molecule has 0 radical (unpaired) electrons. The van der Waals surface area contributed by atoms with Gasteiger partial charge >= 0.3 is 0 Å². The van der Waals surface area contributed by atoms with Crippen molar-refractivity contribution >= 4 is 16.5 Å². The van der Waals surface area contributed by atoms with E-state index in [1.807, 2.05) is 42.5 Å². The number of hydrogen-bond donors (Lipinski definition) is 3. The topological polar surface area (TPSA) is 52.5 Å². The molecule has 0 aliphatic carbocycles. The number of fused-ring (bicyclic) bond motifs is 1. The number of anilines is 1. The molecule has 0 spiro atoms. The third-order valence-corrected chi connectivity index (χ3v) is 2.53. The Labute approximate surface area is 94.3 Å². The van der Waals surface area contributed by atoms with Gasteiger partial charge in [0.2, 0.25) is 0 Å². The minimum atomic E-state index is -0.723. The molecule has 0 unspecified atom stereocenters. The molecule has 0 aliphatic heterocycles. The first-order chi connectivity index (χ1) is 7.81. The van der Waals surface area contributed by atoms with Gasteiger partial charge in [-0.3, -0.25) is 0 Å². The highest BCUT2D eigenvalue weighted by Gasteiger charge is 2.03. The van der Waals surface area contributed by atoms with Gasteiger partial charge in [0.1, 0.15) is 0 Å². The van der Waals surface area contributed by atoms with E-state index in [4.69, 9.17) is 5.11 Å². The number of rotatable bonds is 4. The molecule has 1 atom stereocenters. The molecule has 0 aromatic heterocycles. The summed E-state index contributed by atoms with van der Waals surface area (Å²) in [5.41, 5.74) is 0.977. The van der Waals surface area contributed by atoms with Gasteiger partial charge in [-0.2, -0.15) is 0 Å². The van der Waals surface area contributed by atoms with Crippen molar-refractivity contribution in [2.75, 3.05) is 18.5 Å². The molecule has 0 heterocycles. The average Bonchev–Trinajstić information content (AvgIpc) is 2.35. The van der Waals surface area contributed by atoms with E-state index >= 15 is 0 Å². The smallest absolute Gasteiger partial charge is 0.0942 e. The van der Waals surface area contributed by atoms with Crippen molar-refractivity contribution in [3.05, 3.63) is 42.5 Å². The van der Waals surface area contributed by atoms with Crippen LogP contribution in [0.3, 0.4) is 0 Å². The van der Waals surface area contributed by atoms with E-state index in [2.05, 4.69) is 5.32 Å². The zero-order valence-corrected chi connectivity index (χ0v) is 8.93. The fourth-order valence-electron chi connectivity index (χ4n) is 1.67. The quantitative estimate of drug-likeness (QED) is 0.729. The first-order valence-corrected chi connectivity index (χ1v) is 5.32. The Morgan fingerprint density at radius 2 is 1.81 bits per heavy atom. The SMILES string of the molecule is OC[C@@H](O)CNc1cccc2ccccc12. The van der Waals surface area contributed by atoms with Crippen LogP contribution < -0.4 is 5.32 Å². The second kappa shape index (κ2) is 4.96. The Kier molecular flexibility index (Phi) is 3.39. The lowest BCUT2D eigenvalue weighted by atomic mass is 10.1. The predicted molar refractivity (Wildman–Crippen MR) is 65.5 cm³/mol. The summed E-state index contributed by atoms with van der Waals surface area (Å²) in [4.78, 5) is 0. The van der Waals surface area contributed by atoms with Gasteiger partial charge in [0.05, 0.1) is 12.7 Å². The molecule has 0 saturated carbocycles. The van der Waals surface area contributed by atoms with Crippen LogP contribution in [-0.4, -0.2) is 29.5 Å². The summed E-state index contributed by atoms with van der Waals surface area (Å²) in [6.45, 7) is 0.127. The number of aliphatic hydroxyl groups is 2. The van der Waals surface area contributed by atoms with Crippen LogP contribution in [0.2, 0.25) is 0 Å². The van der Waals surface area contributed by atoms with Crippen molar-refractivity contribution in [3.8, 4) is 0 Å². The van der Waals surface area contributed by atoms with Gasteiger partial charge in [-0.1, -0.05) is 36.4 Å². The lowest BCUT2D eigenvalue weighted by Gasteiger charge is -2.12. The van der Waals surface area contributed by atoms with E-state index in [1.165, 1.54) is 0 Å². The van der Waals surface area contributed by atoms with E-state index in [1.54, 1.807) is 0 Å². The van der Waals surface area contributed by atoms with Crippen molar-refractivity contribution in [2.24, 2.45) is 0 Å². The highest BCUT2D eigenvalue weighted by molar-refractivity contribution is 5.93. The zero-order chi connectivity index (χ0) is 11.4. The molecule has 0 bridgehead atoms. The van der Waals surface area contributed by atoms with Crippen LogP contribution in [0.1, 0.15) is 0 Å². The predicted octanol–water partition coefficient (Wildman–Crippen LogP) is 1.60. The summed E-state index contributed by atoms with van der Waals surface area (Å²) >= 11 is 0. The minimum Gasteiger partial charge on any atom is -0.394 e. The molecule has 84 valence electrons. The van der Waals surface area contributed by atoms with Crippen molar-refractivity contribution < 1.29 is 10.2 Å². The molecule has 3 nitrogen and oxygen atoms in total. The standard InChI is InChI=1S/C13H15NO2/c15-9-11(16)8-14-13-7-3-5-10-4-1-2-6-12(10)13/h1-7,11,14-16H,8-9H2/t11-/m0/s1. The molecule has 2 aromatic carbocycles. The molecule has 2 rings (SSSR count). The Hall–Kier alpha value is -1.58. The van der Waals surface area contributed by atoms with Crippen molar-refractivity contribution in [3.63, 3.8) is 0 Å². The maximum atomic E-state index is 9.28. The molecule has 0 aliphatic rings. The monoisotopic (exact) mass is 217 g/mol. The van der Waals surface area contributed by atoms with Gasteiger partial charge in [-0.05, 0) is 11.5 Å². The summed E-state index contributed by atoms with van der Waals surface area (Å²) in [7, 11) is 0. The van der Waals surface area contributed by atoms with Gasteiger partial charge in [0.25, 0.3) is 0 Å². The first kappa shape index (κ1) is 10.9. The molecular weight excluding hydrogens is 202 g/mol. The van der Waals surface area contributed by atoms with E-state index in [9.17, 15) is 5.11 Å². The van der Waals surface area contributed by atoms with Gasteiger partial charge in [0, 0.05) is 17.6 Å². The summed E-state index contributed by atoms with van der Waals surface area (Å²) < 4.78 is 0. The number of benzene rings is 2. The molecule has 0 amide bonds. The molecular formula is C13H15NO2. The number of aliphatic hydroxyl groups excluding tert-OH is 2. The molecule has 3 N–H and O–H groups in total. The molecule has 3 heteroatoms. The Morgan fingerprint density at radius 3 is 2.62 bits per heavy atom. The highest BCUT2D eigenvalue weighted by Crippen LogP contribution is 2.22. The van der Waals surface area contributed by atoms with Crippen LogP contribution in [0.25, 0.3) is 10.8 Å². The summed E-state index contributed by atoms with van der Waals surface area (Å²) in [5, 5.41) is 23.4. The molecule has 16 heavy (non-hydrogen) atoms. The first-order valence-electron chi connectivity index (χ1n) is 5.32. The van der Waals surface area contributed by atoms with Gasteiger partial charge in [0.15, 0.2) is 0 Å². The highest BCUT2D eigenvalue weighted by atomic mass is 16.3. The number of hydrogen-bond acceptors (Lipinski definition) is 3. The molecule has 0 fully saturated rings. The lowest BCUT2D eigenvalue weighted by Crippen LogP contribution is -2.22. The third-order valence-electron chi connectivity index (χ3n) is 2.53. The maximum absolute atomic E-state index is 9.28. The second-order valence-electron chi connectivity index (χ2n) is 3.74. The molecule has 0 saturated heterocycles. The maximum Gasteiger partial charge on any atom is 0.0942 e. The van der Waals surface area contributed by atoms with Crippen molar-refractivity contribution in [1.82, 2.24) is 0 Å². The van der Waals surface area contributed by atoms with Crippen LogP contribution >= 0.6 is 0 Å². The second-order valence-corrected chi connectivity index (χ2v) is 3.74. The van der Waals surface area contributed by atoms with Crippen LogP contribution in [0.4, 0.5) is 5.69 Å². The van der Waals surface area contributed by atoms with Crippen LogP contribution in [0.5, 0.6) is 0 Å². The van der Waals surface area contributed by atoms with Gasteiger partial charge in [-0.15, -0.1) is 0 Å². The van der Waals surface area contributed by atoms with E-state index < -0.39 is 6.10 Å². The summed E-state index contributed by atoms with van der Waals surface area (Å²) in [6, 6.07) is 14.0. The van der Waals surface area contributed by atoms with Crippen LogP contribution in [0.15, 0.2) is 42.5 Å². The third kappa shape index (κ3) is 2.32. The Balaban J connectivity index is 2.23. The van der Waals surface area contributed by atoms with Gasteiger partial charge < -0.3 is 15.5 Å². The largest absolute Gasteiger partial charge is 0.394 e. The summed E-state index contributed by atoms with van der Waals surface area (Å²) in [5.74, 6) is 0. The molecule has 2 aromatic rings. The fraction of sp³-hybridized carbons (Fsp3) is 0.231. The minimum absolute atomic E-state index is 0.224. The Morgan fingerprint density at radius 1 is 1.06 bits per heavy atom. The van der Waals surface area contributed by atoms with E-state index in [-0.39, 0.29) is 6.61 Å². The zero-order valence-electron chi connectivity index (χ0n) is 8.93. The Bertz CT molecular complexity index is 465. The van der Waals surface area contributed by atoms with Crippen LogP contribution in [0, 0.1) is 0 Å². The van der Waals surface area contributed by atoms with Crippen LogP contribution in [-0.2, 0) is 0 Å². The van der Waals surface area contributed by atoms with Crippen molar-refractivity contribution in [2.45, 2.75) is 6.10 Å².